The van der Waals surface area contributed by atoms with Gasteiger partial charge in [0.1, 0.15) is 11.2 Å². The van der Waals surface area contributed by atoms with Crippen LogP contribution in [0.3, 0.4) is 0 Å². The number of aromatic carboxylic acids is 1. The molecule has 48 heavy (non-hydrogen) atoms. The number of carbonyl (C=O) groups excluding carboxylic acids is 1. The molecular weight excluding hydrogens is 651 g/mol. The number of aryl methyl sites for hydroxylation is 1. The van der Waals surface area contributed by atoms with E-state index in [0.717, 1.165) is 17.8 Å². The molecule has 0 atom stereocenters. The third kappa shape index (κ3) is 7.60. The maximum atomic E-state index is 14.3. The number of furan rings is 1. The van der Waals surface area contributed by atoms with Crippen LogP contribution in [0.4, 0.5) is 23.7 Å². The lowest BCUT2D eigenvalue weighted by atomic mass is 10.1. The van der Waals surface area contributed by atoms with Gasteiger partial charge in [0.05, 0.1) is 10.5 Å². The first-order valence-electron chi connectivity index (χ1n) is 15.2. The van der Waals surface area contributed by atoms with Gasteiger partial charge in [0.2, 0.25) is 15.8 Å². The van der Waals surface area contributed by atoms with Crippen LogP contribution in [0, 0.1) is 6.92 Å². The van der Waals surface area contributed by atoms with Gasteiger partial charge in [-0.15, -0.1) is 0 Å². The average molecular weight is 688 g/mol. The third-order valence-electron chi connectivity index (χ3n) is 7.99. The van der Waals surface area contributed by atoms with Crippen LogP contribution in [0.15, 0.2) is 76.0 Å². The maximum absolute atomic E-state index is 14.3. The Morgan fingerprint density at radius 2 is 1.58 bits per heavy atom. The van der Waals surface area contributed by atoms with Crippen molar-refractivity contribution in [3.8, 4) is 0 Å². The van der Waals surface area contributed by atoms with Gasteiger partial charge in [-0.2, -0.15) is 17.5 Å². The number of anilines is 1. The number of benzene rings is 3. The average Bonchev–Trinajstić information content (AvgIpc) is 3.36. The van der Waals surface area contributed by atoms with Crippen molar-refractivity contribution in [2.24, 2.45) is 0 Å². The van der Waals surface area contributed by atoms with Gasteiger partial charge in [-0.25, -0.2) is 18.0 Å². The lowest BCUT2D eigenvalue weighted by Gasteiger charge is -2.38. The smallest absolute Gasteiger partial charge is 0.416 e. The van der Waals surface area contributed by atoms with Crippen LogP contribution in [-0.4, -0.2) is 66.6 Å². The van der Waals surface area contributed by atoms with E-state index < -0.39 is 39.4 Å². The second-order valence-electron chi connectivity index (χ2n) is 12.6. The molecule has 0 unspecified atom stereocenters. The molecule has 1 amide bonds. The number of ether oxygens (including phenoxy) is 1. The van der Waals surface area contributed by atoms with Crippen LogP contribution in [0.2, 0.25) is 0 Å². The van der Waals surface area contributed by atoms with E-state index in [-0.39, 0.29) is 34.9 Å². The van der Waals surface area contributed by atoms with Gasteiger partial charge in [0.15, 0.2) is 0 Å². The summed E-state index contributed by atoms with van der Waals surface area (Å²) < 4.78 is 80.5. The van der Waals surface area contributed by atoms with Gasteiger partial charge in [0, 0.05) is 55.9 Å². The highest BCUT2D eigenvalue weighted by Gasteiger charge is 2.32. The van der Waals surface area contributed by atoms with Crippen LogP contribution in [0.1, 0.15) is 53.6 Å². The molecular formula is C34H36F3N3O7S. The summed E-state index contributed by atoms with van der Waals surface area (Å²) >= 11 is 0. The van der Waals surface area contributed by atoms with Crippen LogP contribution < -0.4 is 4.90 Å². The van der Waals surface area contributed by atoms with Crippen molar-refractivity contribution in [1.29, 1.82) is 0 Å². The highest BCUT2D eigenvalue weighted by Crippen LogP contribution is 2.33. The number of sulfonamides is 1. The number of para-hydroxylation sites is 1. The zero-order valence-corrected chi connectivity index (χ0v) is 27.7. The quantitative estimate of drug-likeness (QED) is 0.212. The van der Waals surface area contributed by atoms with Crippen molar-refractivity contribution < 1.29 is 45.4 Å². The molecule has 0 radical (unpaired) electrons. The Bertz CT molecular complexity index is 1930. The summed E-state index contributed by atoms with van der Waals surface area (Å²) in [6.45, 7) is 8.23. The number of hydrogen-bond acceptors (Lipinski definition) is 7. The van der Waals surface area contributed by atoms with Crippen molar-refractivity contribution in [3.63, 3.8) is 0 Å². The van der Waals surface area contributed by atoms with E-state index in [9.17, 15) is 36.3 Å². The first kappa shape index (κ1) is 34.8. The minimum Gasteiger partial charge on any atom is -0.475 e. The molecule has 0 saturated carbocycles. The molecule has 5 rings (SSSR count). The van der Waals surface area contributed by atoms with Crippen LogP contribution >= 0.6 is 0 Å². The molecule has 1 aliphatic heterocycles. The number of alkyl halides is 3. The molecule has 1 aliphatic rings. The molecule has 1 saturated heterocycles. The molecule has 4 aromatic rings. The molecule has 1 N–H and O–H groups in total. The Hall–Kier alpha value is -4.56. The van der Waals surface area contributed by atoms with Crippen LogP contribution in [0.25, 0.3) is 11.0 Å². The summed E-state index contributed by atoms with van der Waals surface area (Å²) in [6, 6.07) is 15.6. The van der Waals surface area contributed by atoms with Crippen molar-refractivity contribution in [1.82, 2.24) is 9.21 Å². The SMILES string of the molecule is Cc1c(C(=O)O)oc2ccc(S(=O)(=O)N(Cc3ccc(C(F)(F)F)cc3)Cc3ccccc3N3CCN(C(=O)OC(C)(C)C)CC3)cc12. The summed E-state index contributed by atoms with van der Waals surface area (Å²) in [4.78, 5) is 27.8. The van der Waals surface area contributed by atoms with Crippen molar-refractivity contribution in [3.05, 3.63) is 94.7 Å². The number of amides is 1. The first-order valence-corrected chi connectivity index (χ1v) is 16.6. The predicted octanol–water partition coefficient (Wildman–Crippen LogP) is 6.91. The molecule has 2 heterocycles. The third-order valence-corrected chi connectivity index (χ3v) is 9.78. The lowest BCUT2D eigenvalue weighted by Crippen LogP contribution is -2.50. The van der Waals surface area contributed by atoms with Crippen LogP contribution in [-0.2, 0) is 34.0 Å². The Kier molecular flexibility index (Phi) is 9.53. The fraction of sp³-hybridized carbons (Fsp3) is 0.353. The number of nitrogens with zero attached hydrogens (tertiary/aromatic N) is 3. The molecule has 0 bridgehead atoms. The molecule has 256 valence electrons. The summed E-state index contributed by atoms with van der Waals surface area (Å²) in [5.41, 5.74) is 0.708. The topological polar surface area (TPSA) is 121 Å². The van der Waals surface area contributed by atoms with E-state index in [1.165, 1.54) is 41.6 Å². The number of hydrogen-bond donors (Lipinski definition) is 1. The molecule has 0 aliphatic carbocycles. The zero-order chi connectivity index (χ0) is 35.0. The normalized spacial score (nSPS) is 14.5. The van der Waals surface area contributed by atoms with E-state index in [1.807, 2.05) is 17.0 Å². The number of carbonyl (C=O) groups is 2. The fourth-order valence-electron chi connectivity index (χ4n) is 5.54. The minimum absolute atomic E-state index is 0.130. The maximum Gasteiger partial charge on any atom is 0.416 e. The highest BCUT2D eigenvalue weighted by atomic mass is 32.2. The number of carboxylic acid groups (broad SMARTS) is 1. The summed E-state index contributed by atoms with van der Waals surface area (Å²) in [6.07, 6.45) is -4.96. The number of rotatable bonds is 8. The molecule has 0 spiro atoms. The number of fused-ring (bicyclic) bond motifs is 1. The van der Waals surface area contributed by atoms with Gasteiger partial charge in [-0.1, -0.05) is 30.3 Å². The van der Waals surface area contributed by atoms with E-state index in [1.54, 1.807) is 37.8 Å². The zero-order valence-electron chi connectivity index (χ0n) is 26.9. The highest BCUT2D eigenvalue weighted by molar-refractivity contribution is 7.89. The van der Waals surface area contributed by atoms with E-state index in [0.29, 0.717) is 42.7 Å². The number of piperazine rings is 1. The number of halogens is 3. The Morgan fingerprint density at radius 1 is 0.938 bits per heavy atom. The van der Waals surface area contributed by atoms with E-state index >= 15 is 0 Å². The van der Waals surface area contributed by atoms with Gasteiger partial charge >= 0.3 is 18.2 Å². The summed E-state index contributed by atoms with van der Waals surface area (Å²) in [5, 5.41) is 9.79. The Labute approximate surface area is 276 Å². The minimum atomic E-state index is -4.55. The van der Waals surface area contributed by atoms with Crippen LogP contribution in [0.5, 0.6) is 0 Å². The lowest BCUT2D eigenvalue weighted by molar-refractivity contribution is -0.137. The summed E-state index contributed by atoms with van der Waals surface area (Å²) in [7, 11) is -4.31. The van der Waals surface area contributed by atoms with Crippen molar-refractivity contribution >= 4 is 38.7 Å². The largest absolute Gasteiger partial charge is 0.475 e. The Morgan fingerprint density at radius 3 is 2.19 bits per heavy atom. The first-order chi connectivity index (χ1) is 22.4. The summed E-state index contributed by atoms with van der Waals surface area (Å²) in [5.74, 6) is -1.59. The molecule has 3 aromatic carbocycles. The predicted molar refractivity (Wildman–Crippen MR) is 172 cm³/mol. The van der Waals surface area contributed by atoms with Gasteiger partial charge < -0.3 is 24.1 Å². The number of carboxylic acids is 1. The van der Waals surface area contributed by atoms with Gasteiger partial charge in [-0.05, 0) is 75.2 Å². The van der Waals surface area contributed by atoms with Gasteiger partial charge in [0.25, 0.3) is 0 Å². The van der Waals surface area contributed by atoms with E-state index in [2.05, 4.69) is 0 Å². The van der Waals surface area contributed by atoms with E-state index in [4.69, 9.17) is 9.15 Å². The fourth-order valence-corrected chi connectivity index (χ4v) is 6.97. The Balaban J connectivity index is 1.47. The molecule has 1 fully saturated rings. The second kappa shape index (κ2) is 13.2. The van der Waals surface area contributed by atoms with Crippen molar-refractivity contribution in [2.45, 2.75) is 57.5 Å². The van der Waals surface area contributed by atoms with Crippen molar-refractivity contribution in [2.75, 3.05) is 31.1 Å². The monoisotopic (exact) mass is 687 g/mol. The standard InChI is InChI=1S/C34H36F3N3O7S/c1-22-27-19-26(13-14-29(27)46-30(22)31(41)42)48(44,45)40(20-23-9-11-25(12-10-23)34(35,36)37)21-24-7-5-6-8-28(24)38-15-17-39(18-16-38)32(43)47-33(2,3)4/h5-14,19H,15-18,20-21H2,1-4H3,(H,41,42). The van der Waals surface area contributed by atoms with Gasteiger partial charge in [-0.3, -0.25) is 0 Å². The molecule has 10 nitrogen and oxygen atoms in total. The second-order valence-corrected chi connectivity index (χ2v) is 14.5. The molecule has 14 heteroatoms. The molecule has 1 aromatic heterocycles.